The summed E-state index contributed by atoms with van der Waals surface area (Å²) in [6.07, 6.45) is 3.55. The third kappa shape index (κ3) is 6.73. The van der Waals surface area contributed by atoms with Crippen molar-refractivity contribution in [2.45, 2.75) is 33.1 Å². The van der Waals surface area contributed by atoms with Crippen molar-refractivity contribution < 1.29 is 14.3 Å². The van der Waals surface area contributed by atoms with Gasteiger partial charge in [-0.2, -0.15) is 0 Å². The number of anilines is 1. The number of nitrogens with zero attached hydrogens (tertiary/aromatic N) is 1. The number of pyridine rings is 1. The second-order valence-electron chi connectivity index (χ2n) is 3.27. The van der Waals surface area contributed by atoms with Crippen LogP contribution in [0.2, 0.25) is 0 Å². The summed E-state index contributed by atoms with van der Waals surface area (Å²) in [4.78, 5) is 14.7. The quantitative estimate of drug-likeness (QED) is 0.623. The van der Waals surface area contributed by atoms with Gasteiger partial charge in [-0.3, -0.25) is 4.79 Å². The highest BCUT2D eigenvalue weighted by atomic mass is 16.5. The molecule has 5 nitrogen and oxygen atoms in total. The largest absolute Gasteiger partial charge is 0.490 e. The van der Waals surface area contributed by atoms with Crippen molar-refractivity contribution >= 4 is 11.8 Å². The van der Waals surface area contributed by atoms with Crippen molar-refractivity contribution in [1.82, 2.24) is 4.98 Å². The summed E-state index contributed by atoms with van der Waals surface area (Å²) >= 11 is 0. The Bertz CT molecular complexity index is 343. The molecular formula is C13H22N2O3. The van der Waals surface area contributed by atoms with E-state index in [-0.39, 0.29) is 5.97 Å². The van der Waals surface area contributed by atoms with Crippen LogP contribution >= 0.6 is 0 Å². The standard InChI is InChI=1S/C11H16N2O3.C2H6/c1-15-10(14)6-2-3-8-16-9-5-4-7-13-11(9)12;1-2/h4-5,7H,2-3,6,8H2,1H3,(H2,12,13);1-2H3. The van der Waals surface area contributed by atoms with Gasteiger partial charge >= 0.3 is 5.97 Å². The Labute approximate surface area is 108 Å². The van der Waals surface area contributed by atoms with Crippen molar-refractivity contribution in [2.75, 3.05) is 19.5 Å². The van der Waals surface area contributed by atoms with Gasteiger partial charge in [0.1, 0.15) is 0 Å². The second kappa shape index (κ2) is 10.4. The lowest BCUT2D eigenvalue weighted by molar-refractivity contribution is -0.140. The number of nitrogens with two attached hydrogens (primary N) is 1. The molecule has 0 aliphatic heterocycles. The third-order valence-corrected chi connectivity index (χ3v) is 2.06. The number of hydrogen-bond acceptors (Lipinski definition) is 5. The van der Waals surface area contributed by atoms with Crippen LogP contribution in [0.25, 0.3) is 0 Å². The maximum absolute atomic E-state index is 10.8. The second-order valence-corrected chi connectivity index (χ2v) is 3.27. The fraction of sp³-hybridized carbons (Fsp3) is 0.538. The molecule has 0 bridgehead atoms. The number of rotatable bonds is 6. The molecule has 1 heterocycles. The van der Waals surface area contributed by atoms with Crippen LogP contribution in [0.3, 0.4) is 0 Å². The van der Waals surface area contributed by atoms with Crippen LogP contribution in [0, 0.1) is 0 Å². The van der Waals surface area contributed by atoms with E-state index >= 15 is 0 Å². The van der Waals surface area contributed by atoms with E-state index in [4.69, 9.17) is 10.5 Å². The highest BCUT2D eigenvalue weighted by molar-refractivity contribution is 5.68. The van der Waals surface area contributed by atoms with E-state index in [0.29, 0.717) is 24.6 Å². The van der Waals surface area contributed by atoms with E-state index in [1.54, 1.807) is 18.3 Å². The van der Waals surface area contributed by atoms with Gasteiger partial charge in [-0.05, 0) is 25.0 Å². The Morgan fingerprint density at radius 3 is 2.72 bits per heavy atom. The molecule has 5 heteroatoms. The molecule has 0 fully saturated rings. The van der Waals surface area contributed by atoms with Gasteiger partial charge in [-0.15, -0.1) is 0 Å². The number of ether oxygens (including phenoxy) is 2. The van der Waals surface area contributed by atoms with Gasteiger partial charge in [0.05, 0.1) is 13.7 Å². The maximum atomic E-state index is 10.8. The Morgan fingerprint density at radius 2 is 2.11 bits per heavy atom. The predicted molar refractivity (Wildman–Crippen MR) is 71.4 cm³/mol. The van der Waals surface area contributed by atoms with Crippen molar-refractivity contribution in [2.24, 2.45) is 0 Å². The van der Waals surface area contributed by atoms with E-state index in [2.05, 4.69) is 9.72 Å². The molecule has 0 atom stereocenters. The zero-order valence-electron chi connectivity index (χ0n) is 11.3. The Hall–Kier alpha value is -1.78. The van der Waals surface area contributed by atoms with Gasteiger partial charge in [-0.1, -0.05) is 13.8 Å². The summed E-state index contributed by atoms with van der Waals surface area (Å²) < 4.78 is 9.94. The fourth-order valence-electron chi connectivity index (χ4n) is 1.18. The molecule has 18 heavy (non-hydrogen) atoms. The predicted octanol–water partition coefficient (Wildman–Crippen LogP) is 2.41. The summed E-state index contributed by atoms with van der Waals surface area (Å²) in [5.74, 6) is 0.775. The summed E-state index contributed by atoms with van der Waals surface area (Å²) in [5.41, 5.74) is 5.59. The third-order valence-electron chi connectivity index (χ3n) is 2.06. The molecular weight excluding hydrogens is 232 g/mol. The minimum absolute atomic E-state index is 0.194. The SMILES string of the molecule is CC.COC(=O)CCCCOc1cccnc1N. The molecule has 1 aromatic heterocycles. The van der Waals surface area contributed by atoms with Gasteiger partial charge in [0.2, 0.25) is 0 Å². The van der Waals surface area contributed by atoms with Gasteiger partial charge in [0.15, 0.2) is 11.6 Å². The van der Waals surface area contributed by atoms with Crippen LogP contribution in [0.15, 0.2) is 18.3 Å². The molecule has 1 aromatic rings. The van der Waals surface area contributed by atoms with Crippen molar-refractivity contribution in [3.05, 3.63) is 18.3 Å². The first-order chi connectivity index (χ1) is 8.74. The number of methoxy groups -OCH3 is 1. The van der Waals surface area contributed by atoms with E-state index in [1.807, 2.05) is 13.8 Å². The molecule has 2 N–H and O–H groups in total. The number of unbranched alkanes of at least 4 members (excludes halogenated alkanes) is 1. The van der Waals surface area contributed by atoms with Crippen LogP contribution in [-0.2, 0) is 9.53 Å². The summed E-state index contributed by atoms with van der Waals surface area (Å²) in [6, 6.07) is 3.53. The first-order valence-electron chi connectivity index (χ1n) is 6.14. The summed E-state index contributed by atoms with van der Waals surface area (Å²) in [7, 11) is 1.38. The van der Waals surface area contributed by atoms with Crippen LogP contribution in [0.1, 0.15) is 33.1 Å². The topological polar surface area (TPSA) is 74.4 Å². The van der Waals surface area contributed by atoms with Crippen LogP contribution < -0.4 is 10.5 Å². The Kier molecular flexibility index (Phi) is 9.35. The molecule has 1 rings (SSSR count). The fourth-order valence-corrected chi connectivity index (χ4v) is 1.18. The van der Waals surface area contributed by atoms with Crippen molar-refractivity contribution in [3.63, 3.8) is 0 Å². The number of nitrogen functional groups attached to an aromatic ring is 1. The van der Waals surface area contributed by atoms with E-state index in [9.17, 15) is 4.79 Å². The number of carbonyl (C=O) groups is 1. The van der Waals surface area contributed by atoms with Crippen molar-refractivity contribution in [3.8, 4) is 5.75 Å². The maximum Gasteiger partial charge on any atom is 0.305 e. The highest BCUT2D eigenvalue weighted by Crippen LogP contribution is 2.17. The molecule has 0 aliphatic carbocycles. The molecule has 0 amide bonds. The molecule has 102 valence electrons. The minimum atomic E-state index is -0.194. The molecule has 0 saturated heterocycles. The average molecular weight is 254 g/mol. The van der Waals surface area contributed by atoms with Gasteiger partial charge in [0.25, 0.3) is 0 Å². The monoisotopic (exact) mass is 254 g/mol. The number of aromatic nitrogens is 1. The van der Waals surface area contributed by atoms with E-state index < -0.39 is 0 Å². The van der Waals surface area contributed by atoms with Crippen LogP contribution in [0.4, 0.5) is 5.82 Å². The molecule has 0 aliphatic rings. The lowest BCUT2D eigenvalue weighted by Gasteiger charge is -2.07. The average Bonchev–Trinajstić information content (AvgIpc) is 2.42. The van der Waals surface area contributed by atoms with Crippen LogP contribution in [0.5, 0.6) is 5.75 Å². The first kappa shape index (κ1) is 16.2. The molecule has 0 radical (unpaired) electrons. The lowest BCUT2D eigenvalue weighted by Crippen LogP contribution is -2.04. The highest BCUT2D eigenvalue weighted by Gasteiger charge is 2.01. The normalized spacial score (nSPS) is 9.06. The summed E-state index contributed by atoms with van der Waals surface area (Å²) in [6.45, 7) is 4.52. The molecule has 0 unspecified atom stereocenters. The van der Waals surface area contributed by atoms with Crippen molar-refractivity contribution in [1.29, 1.82) is 0 Å². The van der Waals surface area contributed by atoms with Crippen LogP contribution in [-0.4, -0.2) is 24.7 Å². The minimum Gasteiger partial charge on any atom is -0.490 e. The Balaban J connectivity index is 0.00000137. The zero-order chi connectivity index (χ0) is 13.8. The lowest BCUT2D eigenvalue weighted by atomic mass is 10.2. The number of esters is 1. The first-order valence-corrected chi connectivity index (χ1v) is 6.14. The molecule has 0 aromatic carbocycles. The number of carbonyl (C=O) groups excluding carboxylic acids is 1. The van der Waals surface area contributed by atoms with Gasteiger partial charge in [0, 0.05) is 12.6 Å². The molecule has 0 spiro atoms. The van der Waals surface area contributed by atoms with E-state index in [1.165, 1.54) is 7.11 Å². The van der Waals surface area contributed by atoms with Gasteiger partial charge < -0.3 is 15.2 Å². The summed E-state index contributed by atoms with van der Waals surface area (Å²) in [5, 5.41) is 0. The van der Waals surface area contributed by atoms with Gasteiger partial charge in [-0.25, -0.2) is 4.98 Å². The zero-order valence-corrected chi connectivity index (χ0v) is 11.3. The smallest absolute Gasteiger partial charge is 0.305 e. The Morgan fingerprint density at radius 1 is 1.39 bits per heavy atom. The van der Waals surface area contributed by atoms with E-state index in [0.717, 1.165) is 12.8 Å². The number of hydrogen-bond donors (Lipinski definition) is 1. The molecule has 0 saturated carbocycles.